The second kappa shape index (κ2) is 5.50. The van der Waals surface area contributed by atoms with E-state index in [0.717, 1.165) is 35.8 Å². The van der Waals surface area contributed by atoms with Crippen LogP contribution in [0.15, 0.2) is 32.8 Å². The average Bonchev–Trinajstić information content (AvgIpc) is 3.03. The van der Waals surface area contributed by atoms with Gasteiger partial charge in [0.15, 0.2) is 10.7 Å². The summed E-state index contributed by atoms with van der Waals surface area (Å²) < 4.78 is 5.07. The van der Waals surface area contributed by atoms with Gasteiger partial charge in [0.1, 0.15) is 0 Å². The van der Waals surface area contributed by atoms with E-state index in [1.54, 1.807) is 11.3 Å². The molecule has 3 aromatic rings. The number of aromatic amines is 1. The molecule has 0 aliphatic rings. The fourth-order valence-electron chi connectivity index (χ4n) is 1.96. The van der Waals surface area contributed by atoms with Crippen LogP contribution in [-0.4, -0.2) is 16.5 Å². The third-order valence-corrected chi connectivity index (χ3v) is 3.83. The Balaban J connectivity index is 1.84. The van der Waals surface area contributed by atoms with E-state index in [2.05, 4.69) is 22.2 Å². The minimum Gasteiger partial charge on any atom is -0.408 e. The van der Waals surface area contributed by atoms with Crippen molar-refractivity contribution in [2.45, 2.75) is 19.8 Å². The van der Waals surface area contributed by atoms with Crippen molar-refractivity contribution in [2.24, 2.45) is 0 Å². The van der Waals surface area contributed by atoms with Gasteiger partial charge in [0.05, 0.1) is 11.2 Å². The molecule has 2 N–H and O–H groups in total. The lowest BCUT2D eigenvalue weighted by Crippen LogP contribution is -1.99. The predicted octanol–water partition coefficient (Wildman–Crippen LogP) is 3.46. The topological polar surface area (TPSA) is 70.9 Å². The van der Waals surface area contributed by atoms with Crippen molar-refractivity contribution in [2.75, 3.05) is 11.9 Å². The van der Waals surface area contributed by atoms with Crippen LogP contribution < -0.4 is 11.1 Å². The average molecular weight is 289 g/mol. The summed E-state index contributed by atoms with van der Waals surface area (Å²) in [6.07, 6.45) is 2.30. The van der Waals surface area contributed by atoms with E-state index >= 15 is 0 Å². The number of H-pyrrole nitrogens is 1. The number of rotatable bonds is 5. The molecular formula is C14H15N3O2S. The quantitative estimate of drug-likeness (QED) is 0.706. The first-order chi connectivity index (χ1) is 9.76. The van der Waals surface area contributed by atoms with Crippen molar-refractivity contribution >= 4 is 27.6 Å². The van der Waals surface area contributed by atoms with Crippen LogP contribution in [0.3, 0.4) is 0 Å². The van der Waals surface area contributed by atoms with E-state index in [0.29, 0.717) is 11.1 Å². The number of benzene rings is 1. The summed E-state index contributed by atoms with van der Waals surface area (Å²) in [5, 5.41) is 6.23. The molecule has 0 aliphatic carbocycles. The molecule has 2 aromatic heterocycles. The van der Waals surface area contributed by atoms with Gasteiger partial charge in [0.25, 0.3) is 0 Å². The summed E-state index contributed by atoms with van der Waals surface area (Å²) in [5.74, 6) is -0.433. The molecular weight excluding hydrogens is 274 g/mol. The van der Waals surface area contributed by atoms with Crippen LogP contribution in [0.1, 0.15) is 19.8 Å². The lowest BCUT2D eigenvalue weighted by Gasteiger charge is -1.99. The molecule has 1 aromatic carbocycles. The zero-order valence-corrected chi connectivity index (χ0v) is 11.9. The molecule has 104 valence electrons. The smallest absolute Gasteiger partial charge is 0.408 e. The molecule has 20 heavy (non-hydrogen) atoms. The lowest BCUT2D eigenvalue weighted by atomic mass is 10.1. The molecule has 6 heteroatoms. The number of hydrogen-bond donors (Lipinski definition) is 2. The predicted molar refractivity (Wildman–Crippen MR) is 81.3 cm³/mol. The third-order valence-electron chi connectivity index (χ3n) is 3.03. The Labute approximate surface area is 119 Å². The highest BCUT2D eigenvalue weighted by atomic mass is 32.1. The van der Waals surface area contributed by atoms with Crippen LogP contribution in [0.2, 0.25) is 0 Å². The maximum atomic E-state index is 11.1. The first kappa shape index (κ1) is 12.9. The highest BCUT2D eigenvalue weighted by Gasteiger charge is 2.07. The Kier molecular flexibility index (Phi) is 3.56. The number of nitrogens with zero attached hydrogens (tertiary/aromatic N) is 1. The summed E-state index contributed by atoms with van der Waals surface area (Å²) >= 11 is 1.58. The van der Waals surface area contributed by atoms with Crippen molar-refractivity contribution in [1.82, 2.24) is 9.97 Å². The van der Waals surface area contributed by atoms with Crippen molar-refractivity contribution in [3.8, 4) is 11.3 Å². The number of unbranched alkanes of at least 4 members (excludes halogenated alkanes) is 1. The van der Waals surface area contributed by atoms with E-state index in [4.69, 9.17) is 4.42 Å². The van der Waals surface area contributed by atoms with Crippen LogP contribution in [-0.2, 0) is 0 Å². The van der Waals surface area contributed by atoms with E-state index in [1.807, 2.05) is 23.6 Å². The standard InChI is InChI=1S/C14H15N3O2S/c1-2-3-6-15-13-16-11(8-20-13)9-4-5-10-12(7-9)19-14(18)17-10/h4-5,7-8H,2-3,6H2,1H3,(H,15,16)(H,17,18). The first-order valence-electron chi connectivity index (χ1n) is 6.59. The van der Waals surface area contributed by atoms with E-state index < -0.39 is 5.76 Å². The second-order valence-corrected chi connectivity index (χ2v) is 5.40. The third kappa shape index (κ3) is 2.60. The molecule has 2 heterocycles. The molecule has 3 rings (SSSR count). The number of fused-ring (bicyclic) bond motifs is 1. The number of anilines is 1. The summed E-state index contributed by atoms with van der Waals surface area (Å²) in [4.78, 5) is 18.3. The normalized spacial score (nSPS) is 11.1. The summed E-state index contributed by atoms with van der Waals surface area (Å²) in [6.45, 7) is 3.10. The number of aromatic nitrogens is 2. The van der Waals surface area contributed by atoms with Crippen molar-refractivity contribution < 1.29 is 4.42 Å². The van der Waals surface area contributed by atoms with Crippen LogP contribution in [0.5, 0.6) is 0 Å². The van der Waals surface area contributed by atoms with E-state index in [9.17, 15) is 4.79 Å². The zero-order valence-electron chi connectivity index (χ0n) is 11.1. The number of oxazole rings is 1. The maximum absolute atomic E-state index is 11.1. The minimum absolute atomic E-state index is 0.433. The van der Waals surface area contributed by atoms with Crippen LogP contribution in [0.25, 0.3) is 22.4 Å². The second-order valence-electron chi connectivity index (χ2n) is 4.54. The SMILES string of the molecule is CCCCNc1nc(-c2ccc3[nH]c(=O)oc3c2)cs1. The van der Waals surface area contributed by atoms with E-state index in [1.165, 1.54) is 0 Å². The molecule has 0 aliphatic heterocycles. The Morgan fingerprint density at radius 3 is 3.20 bits per heavy atom. The molecule has 0 atom stereocenters. The summed E-state index contributed by atoms with van der Waals surface area (Å²) in [6, 6.07) is 5.59. The van der Waals surface area contributed by atoms with Gasteiger partial charge in [0, 0.05) is 17.5 Å². The molecule has 0 radical (unpaired) electrons. The highest BCUT2D eigenvalue weighted by molar-refractivity contribution is 7.14. The number of hydrogen-bond acceptors (Lipinski definition) is 5. The van der Waals surface area contributed by atoms with Crippen molar-refractivity contribution in [1.29, 1.82) is 0 Å². The van der Waals surface area contributed by atoms with Crippen molar-refractivity contribution in [3.63, 3.8) is 0 Å². The Bertz CT molecular complexity index is 772. The van der Waals surface area contributed by atoms with Gasteiger partial charge in [-0.05, 0) is 18.6 Å². The Hall–Kier alpha value is -2.08. The molecule has 0 saturated heterocycles. The van der Waals surface area contributed by atoms with Crippen LogP contribution >= 0.6 is 11.3 Å². The molecule has 0 bridgehead atoms. The Morgan fingerprint density at radius 2 is 2.35 bits per heavy atom. The fourth-order valence-corrected chi connectivity index (χ4v) is 2.71. The van der Waals surface area contributed by atoms with Gasteiger partial charge in [-0.15, -0.1) is 11.3 Å². The molecule has 0 unspecified atom stereocenters. The van der Waals surface area contributed by atoms with Gasteiger partial charge in [-0.1, -0.05) is 19.4 Å². The van der Waals surface area contributed by atoms with Crippen LogP contribution in [0.4, 0.5) is 5.13 Å². The van der Waals surface area contributed by atoms with E-state index in [-0.39, 0.29) is 0 Å². The number of nitrogens with one attached hydrogen (secondary N) is 2. The number of thiazole rings is 1. The largest absolute Gasteiger partial charge is 0.417 e. The molecule has 0 fully saturated rings. The maximum Gasteiger partial charge on any atom is 0.417 e. The van der Waals surface area contributed by atoms with Gasteiger partial charge in [-0.2, -0.15) is 0 Å². The minimum atomic E-state index is -0.433. The van der Waals surface area contributed by atoms with Crippen LogP contribution in [0, 0.1) is 0 Å². The highest BCUT2D eigenvalue weighted by Crippen LogP contribution is 2.26. The monoisotopic (exact) mass is 289 g/mol. The molecule has 5 nitrogen and oxygen atoms in total. The van der Waals surface area contributed by atoms with Gasteiger partial charge < -0.3 is 9.73 Å². The van der Waals surface area contributed by atoms with Gasteiger partial charge in [-0.3, -0.25) is 4.98 Å². The zero-order chi connectivity index (χ0) is 13.9. The molecule has 0 saturated carbocycles. The van der Waals surface area contributed by atoms with Crippen molar-refractivity contribution in [3.05, 3.63) is 34.1 Å². The molecule has 0 amide bonds. The molecule has 0 spiro atoms. The summed E-state index contributed by atoms with van der Waals surface area (Å²) in [5.41, 5.74) is 3.09. The lowest BCUT2D eigenvalue weighted by molar-refractivity contribution is 0.555. The fraction of sp³-hybridized carbons (Fsp3) is 0.286. The van der Waals surface area contributed by atoms with Gasteiger partial charge in [-0.25, -0.2) is 9.78 Å². The summed E-state index contributed by atoms with van der Waals surface area (Å²) in [7, 11) is 0. The Morgan fingerprint density at radius 1 is 1.45 bits per heavy atom. The van der Waals surface area contributed by atoms with Gasteiger partial charge in [0.2, 0.25) is 0 Å². The van der Waals surface area contributed by atoms with Gasteiger partial charge >= 0.3 is 5.76 Å². The first-order valence-corrected chi connectivity index (χ1v) is 7.47.